The Bertz CT molecular complexity index is 690. The molecular formula is C20H27F6N3O. The highest BCUT2D eigenvalue weighted by Gasteiger charge is 2.42. The highest BCUT2D eigenvalue weighted by Crippen LogP contribution is 2.37. The summed E-state index contributed by atoms with van der Waals surface area (Å²) in [5.74, 6) is -0.885. The fourth-order valence-corrected chi connectivity index (χ4v) is 3.40. The second-order valence-electron chi connectivity index (χ2n) is 7.37. The molecule has 0 spiro atoms. The van der Waals surface area contributed by atoms with Crippen LogP contribution in [0.2, 0.25) is 0 Å². The molecule has 1 fully saturated rings. The van der Waals surface area contributed by atoms with E-state index in [4.69, 9.17) is 0 Å². The van der Waals surface area contributed by atoms with Crippen molar-refractivity contribution < 1.29 is 31.1 Å². The third-order valence-corrected chi connectivity index (χ3v) is 4.77. The summed E-state index contributed by atoms with van der Waals surface area (Å²) in [4.78, 5) is 4.42. The summed E-state index contributed by atoms with van der Waals surface area (Å²) in [6, 6.07) is 6.52. The van der Waals surface area contributed by atoms with Gasteiger partial charge in [0.25, 0.3) is 0 Å². The highest BCUT2D eigenvalue weighted by molar-refractivity contribution is 5.80. The zero-order chi connectivity index (χ0) is 22.2. The summed E-state index contributed by atoms with van der Waals surface area (Å²) in [5, 5.41) is 6.11. The van der Waals surface area contributed by atoms with Gasteiger partial charge in [-0.1, -0.05) is 30.7 Å². The Morgan fingerprint density at radius 3 is 2.53 bits per heavy atom. The second-order valence-corrected chi connectivity index (χ2v) is 7.37. The Morgan fingerprint density at radius 2 is 1.87 bits per heavy atom. The van der Waals surface area contributed by atoms with Crippen LogP contribution in [0.3, 0.4) is 0 Å². The van der Waals surface area contributed by atoms with Crippen LogP contribution in [0.1, 0.15) is 43.7 Å². The Morgan fingerprint density at radius 1 is 1.13 bits per heavy atom. The summed E-state index contributed by atoms with van der Waals surface area (Å²) < 4.78 is 80.3. The zero-order valence-electron chi connectivity index (χ0n) is 16.7. The standard InChI is InChI=1S/C20H27F6N3O/c1-2-27-18(29-17-8-4-7-16(10-17)20(24,25)26)28-11-14-5-3-6-15(9-14)12-30-13-19(21,22)23/h3,5-6,9,16-17H,2,4,7-8,10-13H2,1H3,(H2,27,28,29). The topological polar surface area (TPSA) is 45.7 Å². The summed E-state index contributed by atoms with van der Waals surface area (Å²) in [6.07, 6.45) is -7.26. The van der Waals surface area contributed by atoms with Crippen molar-refractivity contribution in [1.82, 2.24) is 10.6 Å². The van der Waals surface area contributed by atoms with Crippen LogP contribution in [0, 0.1) is 5.92 Å². The van der Waals surface area contributed by atoms with Crippen LogP contribution in [0.4, 0.5) is 26.3 Å². The van der Waals surface area contributed by atoms with Crippen molar-refractivity contribution in [2.45, 2.75) is 64.2 Å². The van der Waals surface area contributed by atoms with Crippen molar-refractivity contribution in [3.05, 3.63) is 35.4 Å². The average Bonchev–Trinajstić information content (AvgIpc) is 2.65. The average molecular weight is 439 g/mol. The molecule has 2 rings (SSSR count). The maximum atomic E-state index is 13.0. The lowest BCUT2D eigenvalue weighted by Crippen LogP contribution is -2.46. The molecule has 2 atom stereocenters. The van der Waals surface area contributed by atoms with Gasteiger partial charge in [0, 0.05) is 12.6 Å². The SMILES string of the molecule is CCNC(=NCc1cccc(COCC(F)(F)F)c1)NC1CCCC(C(F)(F)F)C1. The molecule has 1 aliphatic carbocycles. The first-order chi connectivity index (χ1) is 14.1. The summed E-state index contributed by atoms with van der Waals surface area (Å²) in [5.41, 5.74) is 1.35. The predicted molar refractivity (Wildman–Crippen MR) is 102 cm³/mol. The molecule has 1 saturated carbocycles. The molecule has 0 heterocycles. The van der Waals surface area contributed by atoms with Gasteiger partial charge in [-0.05, 0) is 37.3 Å². The number of aliphatic imine (C=N–C) groups is 1. The summed E-state index contributed by atoms with van der Waals surface area (Å²) in [6.45, 7) is 1.15. The third-order valence-electron chi connectivity index (χ3n) is 4.77. The molecule has 1 aromatic carbocycles. The number of rotatable bonds is 7. The largest absolute Gasteiger partial charge is 0.411 e. The van der Waals surface area contributed by atoms with Crippen LogP contribution in [0.15, 0.2) is 29.3 Å². The lowest BCUT2D eigenvalue weighted by molar-refractivity contribution is -0.183. The number of hydrogen-bond acceptors (Lipinski definition) is 2. The van der Waals surface area contributed by atoms with Gasteiger partial charge in [0.15, 0.2) is 5.96 Å². The molecule has 2 N–H and O–H groups in total. The van der Waals surface area contributed by atoms with E-state index in [0.29, 0.717) is 30.9 Å². The van der Waals surface area contributed by atoms with Gasteiger partial charge in [0.2, 0.25) is 0 Å². The van der Waals surface area contributed by atoms with E-state index >= 15 is 0 Å². The number of ether oxygens (including phenoxy) is 1. The molecule has 1 aliphatic rings. The first kappa shape index (κ1) is 24.3. The minimum Gasteiger partial charge on any atom is -0.367 e. The van der Waals surface area contributed by atoms with Gasteiger partial charge >= 0.3 is 12.4 Å². The summed E-state index contributed by atoms with van der Waals surface area (Å²) >= 11 is 0. The Labute approximate surface area is 172 Å². The van der Waals surface area contributed by atoms with Crippen LogP contribution >= 0.6 is 0 Å². The van der Waals surface area contributed by atoms with Crippen molar-refractivity contribution in [2.24, 2.45) is 10.9 Å². The first-order valence-corrected chi connectivity index (χ1v) is 9.90. The maximum Gasteiger partial charge on any atom is 0.411 e. The normalized spacial score (nSPS) is 20.8. The van der Waals surface area contributed by atoms with Crippen LogP contribution in [-0.4, -0.2) is 37.5 Å². The Balaban J connectivity index is 1.95. The summed E-state index contributed by atoms with van der Waals surface area (Å²) in [7, 11) is 0. The quantitative estimate of drug-likeness (QED) is 0.359. The van der Waals surface area contributed by atoms with Crippen LogP contribution in [-0.2, 0) is 17.9 Å². The predicted octanol–water partition coefficient (Wildman–Crippen LogP) is 4.94. The molecule has 0 aliphatic heterocycles. The molecule has 1 aromatic rings. The molecule has 0 aromatic heterocycles. The van der Waals surface area contributed by atoms with Gasteiger partial charge in [-0.25, -0.2) is 4.99 Å². The van der Waals surface area contributed by atoms with E-state index in [9.17, 15) is 26.3 Å². The lowest BCUT2D eigenvalue weighted by atomic mass is 9.85. The van der Waals surface area contributed by atoms with E-state index in [-0.39, 0.29) is 32.0 Å². The molecule has 0 saturated heterocycles. The van der Waals surface area contributed by atoms with Crippen LogP contribution < -0.4 is 10.6 Å². The van der Waals surface area contributed by atoms with Crippen molar-refractivity contribution in [2.75, 3.05) is 13.2 Å². The Kier molecular flexibility index (Phi) is 8.81. The number of nitrogens with one attached hydrogen (secondary N) is 2. The maximum absolute atomic E-state index is 13.0. The molecular weight excluding hydrogens is 412 g/mol. The number of guanidine groups is 1. The van der Waals surface area contributed by atoms with Gasteiger partial charge in [0.1, 0.15) is 6.61 Å². The van der Waals surface area contributed by atoms with E-state index in [1.165, 1.54) is 0 Å². The van der Waals surface area contributed by atoms with Crippen LogP contribution in [0.5, 0.6) is 0 Å². The number of nitrogens with zero attached hydrogens (tertiary/aromatic N) is 1. The monoisotopic (exact) mass is 439 g/mol. The number of benzene rings is 1. The molecule has 10 heteroatoms. The molecule has 4 nitrogen and oxygen atoms in total. The Hall–Kier alpha value is -1.97. The lowest BCUT2D eigenvalue weighted by Gasteiger charge is -2.31. The van der Waals surface area contributed by atoms with Gasteiger partial charge in [0.05, 0.1) is 19.1 Å². The van der Waals surface area contributed by atoms with Crippen LogP contribution in [0.25, 0.3) is 0 Å². The van der Waals surface area contributed by atoms with Gasteiger partial charge in [-0.15, -0.1) is 0 Å². The van der Waals surface area contributed by atoms with Crippen molar-refractivity contribution >= 4 is 5.96 Å². The van der Waals surface area contributed by atoms with Crippen molar-refractivity contribution in [1.29, 1.82) is 0 Å². The first-order valence-electron chi connectivity index (χ1n) is 9.90. The van der Waals surface area contributed by atoms with Gasteiger partial charge in [-0.2, -0.15) is 26.3 Å². The fourth-order valence-electron chi connectivity index (χ4n) is 3.40. The molecule has 170 valence electrons. The second kappa shape index (κ2) is 10.9. The molecule has 2 unspecified atom stereocenters. The van der Waals surface area contributed by atoms with Crippen molar-refractivity contribution in [3.63, 3.8) is 0 Å². The minimum absolute atomic E-state index is 0.0138. The number of alkyl halides is 6. The van der Waals surface area contributed by atoms with Gasteiger partial charge < -0.3 is 15.4 Å². The van der Waals surface area contributed by atoms with E-state index < -0.39 is 24.9 Å². The molecule has 0 radical (unpaired) electrons. The van der Waals surface area contributed by atoms with E-state index in [1.807, 2.05) is 6.92 Å². The van der Waals surface area contributed by atoms with E-state index in [1.54, 1.807) is 24.3 Å². The zero-order valence-corrected chi connectivity index (χ0v) is 16.7. The highest BCUT2D eigenvalue weighted by atomic mass is 19.4. The van der Waals surface area contributed by atoms with Crippen molar-refractivity contribution in [3.8, 4) is 0 Å². The van der Waals surface area contributed by atoms with E-state index in [2.05, 4.69) is 20.4 Å². The molecule has 30 heavy (non-hydrogen) atoms. The molecule has 0 bridgehead atoms. The number of hydrogen-bond donors (Lipinski definition) is 2. The molecule has 0 amide bonds. The van der Waals surface area contributed by atoms with Gasteiger partial charge in [-0.3, -0.25) is 0 Å². The fraction of sp³-hybridized carbons (Fsp3) is 0.650. The third kappa shape index (κ3) is 8.81. The number of halogens is 6. The van der Waals surface area contributed by atoms with E-state index in [0.717, 1.165) is 5.56 Å². The smallest absolute Gasteiger partial charge is 0.367 e. The minimum atomic E-state index is -4.38.